The molecule has 146 valence electrons. The number of nitrogens with zero attached hydrogens (tertiary/aromatic N) is 1. The summed E-state index contributed by atoms with van der Waals surface area (Å²) in [5, 5.41) is 13.9. The Morgan fingerprint density at radius 3 is 2.72 bits per heavy atom. The van der Waals surface area contributed by atoms with Crippen LogP contribution in [0.4, 0.5) is 4.79 Å². The lowest BCUT2D eigenvalue weighted by molar-refractivity contribution is -0.115. The van der Waals surface area contributed by atoms with Crippen LogP contribution in [0.3, 0.4) is 0 Å². The van der Waals surface area contributed by atoms with Gasteiger partial charge in [0.15, 0.2) is 0 Å². The standard InChI is InChI=1S/C20H15N3O5S/c24-6-5-22-18(25)12-3-1-11(2-4-12)15-10-21-9-13-7-14(28-17(13)15)8-16-19(26)23-20(27)29-16/h1-4,7-10,24H,5-6H2,(H,22,25)(H,23,26,27)/b16-8-. The Labute approximate surface area is 169 Å². The second-order valence-corrected chi connectivity index (χ2v) is 7.18. The van der Waals surface area contributed by atoms with Gasteiger partial charge in [-0.3, -0.25) is 24.7 Å². The van der Waals surface area contributed by atoms with Gasteiger partial charge in [-0.15, -0.1) is 0 Å². The molecule has 3 N–H and O–H groups in total. The quantitative estimate of drug-likeness (QED) is 0.554. The molecule has 2 aromatic heterocycles. The molecule has 0 bridgehead atoms. The SMILES string of the molecule is O=C1NC(=O)/C(=C/c2cc3cncc(-c4ccc(C(=O)NCCO)cc4)c3o2)S1. The molecule has 0 spiro atoms. The van der Waals surface area contributed by atoms with E-state index in [4.69, 9.17) is 9.52 Å². The fourth-order valence-electron chi connectivity index (χ4n) is 2.88. The van der Waals surface area contributed by atoms with Gasteiger partial charge in [0.2, 0.25) is 0 Å². The van der Waals surface area contributed by atoms with Crippen LogP contribution in [0.15, 0.2) is 52.0 Å². The molecule has 0 atom stereocenters. The molecule has 0 radical (unpaired) electrons. The van der Waals surface area contributed by atoms with E-state index in [1.807, 2.05) is 0 Å². The van der Waals surface area contributed by atoms with Crippen molar-refractivity contribution in [2.45, 2.75) is 0 Å². The highest BCUT2D eigenvalue weighted by Gasteiger charge is 2.25. The topological polar surface area (TPSA) is 122 Å². The maximum Gasteiger partial charge on any atom is 0.290 e. The van der Waals surface area contributed by atoms with Crippen LogP contribution < -0.4 is 10.6 Å². The normalized spacial score (nSPS) is 15.1. The molecule has 1 aromatic carbocycles. The number of aliphatic hydroxyl groups excluding tert-OH is 1. The minimum atomic E-state index is -0.450. The first-order chi connectivity index (χ1) is 14.0. The molecule has 8 nitrogen and oxygen atoms in total. The number of aliphatic hydroxyl groups is 1. The van der Waals surface area contributed by atoms with Crippen LogP contribution in [0.5, 0.6) is 0 Å². The van der Waals surface area contributed by atoms with E-state index in [2.05, 4.69) is 15.6 Å². The Morgan fingerprint density at radius 1 is 1.24 bits per heavy atom. The third-order valence-corrected chi connectivity index (χ3v) is 5.02. The second-order valence-electron chi connectivity index (χ2n) is 6.16. The van der Waals surface area contributed by atoms with Crippen molar-refractivity contribution in [3.8, 4) is 11.1 Å². The maximum atomic E-state index is 12.0. The highest BCUT2D eigenvalue weighted by atomic mass is 32.2. The monoisotopic (exact) mass is 409 g/mol. The summed E-state index contributed by atoms with van der Waals surface area (Å²) in [6, 6.07) is 8.66. The van der Waals surface area contributed by atoms with Crippen LogP contribution in [0.2, 0.25) is 0 Å². The van der Waals surface area contributed by atoms with Crippen molar-refractivity contribution < 1.29 is 23.9 Å². The zero-order valence-electron chi connectivity index (χ0n) is 15.0. The second kappa shape index (κ2) is 7.90. The van der Waals surface area contributed by atoms with Crippen LogP contribution in [0.25, 0.3) is 28.2 Å². The van der Waals surface area contributed by atoms with E-state index in [-0.39, 0.29) is 24.0 Å². The number of hydrogen-bond acceptors (Lipinski definition) is 7. The Kier molecular flexibility index (Phi) is 5.15. The van der Waals surface area contributed by atoms with Gasteiger partial charge in [0, 0.05) is 41.5 Å². The number of thioether (sulfide) groups is 1. The van der Waals surface area contributed by atoms with Crippen LogP contribution in [0.1, 0.15) is 16.1 Å². The minimum absolute atomic E-state index is 0.122. The lowest BCUT2D eigenvalue weighted by Gasteiger charge is -2.05. The third-order valence-electron chi connectivity index (χ3n) is 4.21. The van der Waals surface area contributed by atoms with E-state index < -0.39 is 11.1 Å². The minimum Gasteiger partial charge on any atom is -0.456 e. The summed E-state index contributed by atoms with van der Waals surface area (Å²) in [7, 11) is 0. The van der Waals surface area contributed by atoms with Crippen LogP contribution in [-0.4, -0.2) is 40.3 Å². The van der Waals surface area contributed by atoms with E-state index >= 15 is 0 Å². The zero-order valence-corrected chi connectivity index (χ0v) is 15.8. The van der Waals surface area contributed by atoms with Gasteiger partial charge in [-0.05, 0) is 35.5 Å². The summed E-state index contributed by atoms with van der Waals surface area (Å²) in [5.41, 5.74) is 2.59. The molecule has 0 aliphatic carbocycles. The fraction of sp³-hybridized carbons (Fsp3) is 0.100. The van der Waals surface area contributed by atoms with Gasteiger partial charge in [-0.2, -0.15) is 0 Å². The van der Waals surface area contributed by atoms with Crippen molar-refractivity contribution in [1.82, 2.24) is 15.6 Å². The van der Waals surface area contributed by atoms with E-state index in [0.717, 1.165) is 28.3 Å². The van der Waals surface area contributed by atoms with Crippen molar-refractivity contribution in [3.63, 3.8) is 0 Å². The highest BCUT2D eigenvalue weighted by Crippen LogP contribution is 2.32. The molecule has 1 aliphatic rings. The van der Waals surface area contributed by atoms with E-state index in [1.165, 1.54) is 6.08 Å². The van der Waals surface area contributed by atoms with Crippen LogP contribution in [0, 0.1) is 0 Å². The molecule has 0 saturated carbocycles. The smallest absolute Gasteiger partial charge is 0.290 e. The number of hydrogen-bond donors (Lipinski definition) is 3. The number of fused-ring (bicyclic) bond motifs is 1. The Morgan fingerprint density at radius 2 is 2.03 bits per heavy atom. The summed E-state index contributed by atoms with van der Waals surface area (Å²) in [5.74, 6) is -0.286. The summed E-state index contributed by atoms with van der Waals surface area (Å²) in [6.07, 6.45) is 4.82. The zero-order chi connectivity index (χ0) is 20.4. The molecule has 4 rings (SSSR count). The number of rotatable bonds is 5. The largest absolute Gasteiger partial charge is 0.456 e. The average molecular weight is 409 g/mol. The van der Waals surface area contributed by atoms with Crippen molar-refractivity contribution in [3.05, 3.63) is 59.0 Å². The van der Waals surface area contributed by atoms with Crippen LogP contribution in [-0.2, 0) is 4.79 Å². The summed E-state index contributed by atoms with van der Waals surface area (Å²) < 4.78 is 5.90. The highest BCUT2D eigenvalue weighted by molar-refractivity contribution is 8.18. The lowest BCUT2D eigenvalue weighted by Crippen LogP contribution is -2.26. The molecule has 1 saturated heterocycles. The number of aromatic nitrogens is 1. The summed E-state index contributed by atoms with van der Waals surface area (Å²) >= 11 is 0.821. The first kappa shape index (κ1) is 18.9. The summed E-state index contributed by atoms with van der Waals surface area (Å²) in [6.45, 7) is 0.0687. The van der Waals surface area contributed by atoms with E-state index in [1.54, 1.807) is 42.7 Å². The van der Waals surface area contributed by atoms with Gasteiger partial charge < -0.3 is 14.8 Å². The molecule has 29 heavy (non-hydrogen) atoms. The predicted molar refractivity (Wildman–Crippen MR) is 108 cm³/mol. The van der Waals surface area contributed by atoms with Gasteiger partial charge in [-0.25, -0.2) is 0 Å². The Hall–Kier alpha value is -3.43. The molecule has 3 amide bonds. The molecule has 9 heteroatoms. The first-order valence-electron chi connectivity index (χ1n) is 8.67. The number of furan rings is 1. The number of amides is 3. The lowest BCUT2D eigenvalue weighted by atomic mass is 10.0. The number of benzene rings is 1. The van der Waals surface area contributed by atoms with Gasteiger partial charge in [0.1, 0.15) is 11.3 Å². The maximum absolute atomic E-state index is 12.0. The van der Waals surface area contributed by atoms with Gasteiger partial charge in [0.25, 0.3) is 17.1 Å². The van der Waals surface area contributed by atoms with Crippen molar-refractivity contribution in [2.75, 3.05) is 13.2 Å². The average Bonchev–Trinajstić information content (AvgIpc) is 3.27. The predicted octanol–water partition coefficient (Wildman–Crippen LogP) is 2.54. The third kappa shape index (κ3) is 3.91. The molecule has 3 heterocycles. The number of imide groups is 1. The first-order valence-corrected chi connectivity index (χ1v) is 9.48. The van der Waals surface area contributed by atoms with Gasteiger partial charge >= 0.3 is 0 Å². The number of nitrogens with one attached hydrogen (secondary N) is 2. The molecule has 1 aliphatic heterocycles. The molecule has 0 unspecified atom stereocenters. The number of carbonyl (C=O) groups is 3. The number of pyridine rings is 1. The van der Waals surface area contributed by atoms with E-state index in [0.29, 0.717) is 16.9 Å². The summed E-state index contributed by atoms with van der Waals surface area (Å²) in [4.78, 5) is 39.5. The number of carbonyl (C=O) groups excluding carboxylic acids is 3. The molecular formula is C20H15N3O5S. The molecule has 1 fully saturated rings. The van der Waals surface area contributed by atoms with Crippen molar-refractivity contribution in [1.29, 1.82) is 0 Å². The Balaban J connectivity index is 1.65. The molecule has 3 aromatic rings. The van der Waals surface area contributed by atoms with Crippen molar-refractivity contribution >= 4 is 45.9 Å². The fourth-order valence-corrected chi connectivity index (χ4v) is 3.54. The van der Waals surface area contributed by atoms with Crippen molar-refractivity contribution in [2.24, 2.45) is 0 Å². The van der Waals surface area contributed by atoms with Gasteiger partial charge in [0.05, 0.1) is 11.5 Å². The van der Waals surface area contributed by atoms with Crippen LogP contribution >= 0.6 is 11.8 Å². The molecular weight excluding hydrogens is 394 g/mol. The Bertz CT molecular complexity index is 1150. The van der Waals surface area contributed by atoms with Gasteiger partial charge in [-0.1, -0.05) is 12.1 Å². The van der Waals surface area contributed by atoms with E-state index in [9.17, 15) is 14.4 Å².